The van der Waals surface area contributed by atoms with Crippen molar-refractivity contribution in [3.63, 3.8) is 0 Å². The van der Waals surface area contributed by atoms with Crippen molar-refractivity contribution in [2.45, 2.75) is 10.8 Å². The minimum absolute atomic E-state index is 0.456. The Kier molecular flexibility index (Phi) is 6.82. The fourth-order valence-electron chi connectivity index (χ4n) is 12.6. The number of hydrogen-bond acceptors (Lipinski definition) is 3. The van der Waals surface area contributed by atoms with Gasteiger partial charge in [0.25, 0.3) is 0 Å². The Morgan fingerprint density at radius 1 is 0.262 bits per heavy atom. The Labute approximate surface area is 377 Å². The fraction of sp³-hybridized carbons (Fsp3) is 0.0323. The minimum atomic E-state index is -0.478. The lowest BCUT2D eigenvalue weighted by molar-refractivity contribution is 0.360. The highest BCUT2D eigenvalue weighted by Gasteiger charge is 2.54. The molecule has 3 heteroatoms. The summed E-state index contributed by atoms with van der Waals surface area (Å²) < 4.78 is 14.1. The van der Waals surface area contributed by atoms with Crippen LogP contribution in [0.2, 0.25) is 0 Å². The number of rotatable bonds is 3. The van der Waals surface area contributed by atoms with Crippen molar-refractivity contribution >= 4 is 17.1 Å². The fourth-order valence-corrected chi connectivity index (χ4v) is 12.6. The summed E-state index contributed by atoms with van der Waals surface area (Å²) in [4.78, 5) is 2.36. The summed E-state index contributed by atoms with van der Waals surface area (Å²) in [6.45, 7) is 0. The summed E-state index contributed by atoms with van der Waals surface area (Å²) in [5, 5.41) is 0. The van der Waals surface area contributed by atoms with Crippen LogP contribution in [0.5, 0.6) is 23.0 Å². The summed E-state index contributed by atoms with van der Waals surface area (Å²) in [6.07, 6.45) is 0. The van der Waals surface area contributed by atoms with Crippen molar-refractivity contribution in [2.24, 2.45) is 0 Å². The van der Waals surface area contributed by atoms with Gasteiger partial charge in [-0.1, -0.05) is 176 Å². The standard InChI is InChI=1S/C62H37NO2/c1-2-16-38(17-3-1)63(39-30-32-46-45-22-8-14-28-52(45)62(55(46)36-39)50-26-12-6-20-43(50)44-21-7-13-27-51(44)62)40-31-34-56-58(37-40)65-60-57(64-56)35-33-54-59(60)47-23-9-15-29-53(47)61(54)48-24-10-4-18-41(48)42-19-5-11-25-49(42)61/h1-37H. The molecule has 15 rings (SSSR count). The van der Waals surface area contributed by atoms with E-state index in [1.54, 1.807) is 0 Å². The molecule has 10 aromatic rings. The van der Waals surface area contributed by atoms with Gasteiger partial charge in [-0.05, 0) is 126 Å². The number of anilines is 3. The molecule has 0 atom stereocenters. The molecule has 0 bridgehead atoms. The van der Waals surface area contributed by atoms with Gasteiger partial charge in [-0.25, -0.2) is 0 Å². The number of para-hydroxylation sites is 1. The van der Waals surface area contributed by atoms with E-state index in [0.29, 0.717) is 11.5 Å². The molecule has 4 aliphatic carbocycles. The van der Waals surface area contributed by atoms with E-state index in [4.69, 9.17) is 9.47 Å². The van der Waals surface area contributed by atoms with Crippen LogP contribution in [0.25, 0.3) is 44.5 Å². The molecule has 0 saturated carbocycles. The molecule has 1 heterocycles. The molecule has 0 N–H and O–H groups in total. The van der Waals surface area contributed by atoms with Gasteiger partial charge >= 0.3 is 0 Å². The Morgan fingerprint density at radius 3 is 1.23 bits per heavy atom. The minimum Gasteiger partial charge on any atom is -0.449 e. The summed E-state index contributed by atoms with van der Waals surface area (Å²) >= 11 is 0. The van der Waals surface area contributed by atoms with Gasteiger partial charge in [-0.3, -0.25) is 0 Å². The predicted molar refractivity (Wildman–Crippen MR) is 260 cm³/mol. The van der Waals surface area contributed by atoms with Gasteiger partial charge in [0.2, 0.25) is 0 Å². The highest BCUT2D eigenvalue weighted by molar-refractivity contribution is 5.99. The third kappa shape index (κ3) is 4.31. The van der Waals surface area contributed by atoms with Crippen LogP contribution in [0.15, 0.2) is 224 Å². The molecule has 65 heavy (non-hydrogen) atoms. The quantitative estimate of drug-likeness (QED) is 0.177. The molecule has 3 nitrogen and oxygen atoms in total. The second kappa shape index (κ2) is 12.6. The Hall–Kier alpha value is -8.40. The second-order valence-corrected chi connectivity index (χ2v) is 17.8. The van der Waals surface area contributed by atoms with E-state index < -0.39 is 10.8 Å². The maximum atomic E-state index is 7.24. The first-order valence-electron chi connectivity index (χ1n) is 22.5. The number of hydrogen-bond donors (Lipinski definition) is 0. The zero-order valence-electron chi connectivity index (χ0n) is 35.1. The van der Waals surface area contributed by atoms with E-state index in [0.717, 1.165) is 34.1 Å². The molecule has 0 aromatic heterocycles. The number of ether oxygens (including phenoxy) is 2. The first kappa shape index (κ1) is 35.1. The summed E-state index contributed by atoms with van der Waals surface area (Å²) in [5.41, 5.74) is 22.5. The third-order valence-electron chi connectivity index (χ3n) is 14.9. The van der Waals surface area contributed by atoms with Crippen LogP contribution in [-0.2, 0) is 10.8 Å². The molecule has 10 aromatic carbocycles. The molecule has 1 aliphatic heterocycles. The molecule has 0 radical (unpaired) electrons. The van der Waals surface area contributed by atoms with Crippen LogP contribution >= 0.6 is 0 Å². The van der Waals surface area contributed by atoms with Gasteiger partial charge in [0.15, 0.2) is 23.0 Å². The predicted octanol–water partition coefficient (Wildman–Crippen LogP) is 15.7. The molecule has 302 valence electrons. The topological polar surface area (TPSA) is 21.7 Å². The van der Waals surface area contributed by atoms with Crippen molar-refractivity contribution < 1.29 is 9.47 Å². The van der Waals surface area contributed by atoms with E-state index in [1.165, 1.54) is 83.5 Å². The highest BCUT2D eigenvalue weighted by atomic mass is 16.6. The Balaban J connectivity index is 0.907. The SMILES string of the molecule is c1ccc(N(c2ccc3c(c2)Oc2c(ccc4c2-c2ccccc2C42c4ccccc4-c4ccccc42)O3)c2ccc3c(c2)C2(c4ccccc4-c4ccccc42)c2ccccc2-3)cc1. The maximum absolute atomic E-state index is 7.24. The van der Waals surface area contributed by atoms with Crippen LogP contribution in [0.3, 0.4) is 0 Å². The average molecular weight is 828 g/mol. The van der Waals surface area contributed by atoms with Crippen molar-refractivity contribution in [3.8, 4) is 67.5 Å². The van der Waals surface area contributed by atoms with Crippen LogP contribution in [0.4, 0.5) is 17.1 Å². The van der Waals surface area contributed by atoms with Gasteiger partial charge in [-0.15, -0.1) is 0 Å². The zero-order chi connectivity index (χ0) is 42.4. The molecule has 0 saturated heterocycles. The van der Waals surface area contributed by atoms with E-state index in [2.05, 4.69) is 229 Å². The summed E-state index contributed by atoms with van der Waals surface area (Å²) in [5.74, 6) is 2.84. The van der Waals surface area contributed by atoms with Crippen LogP contribution < -0.4 is 14.4 Å². The number of benzene rings is 10. The van der Waals surface area contributed by atoms with Crippen LogP contribution in [0.1, 0.15) is 44.5 Å². The maximum Gasteiger partial charge on any atom is 0.178 e. The molecule has 0 amide bonds. The van der Waals surface area contributed by atoms with E-state index in [-0.39, 0.29) is 0 Å². The van der Waals surface area contributed by atoms with Crippen LogP contribution in [0, 0.1) is 0 Å². The van der Waals surface area contributed by atoms with Gasteiger partial charge < -0.3 is 14.4 Å². The summed E-state index contributed by atoms with van der Waals surface area (Å²) in [7, 11) is 0. The molecular formula is C62H37NO2. The van der Waals surface area contributed by atoms with Gasteiger partial charge in [0, 0.05) is 23.0 Å². The largest absolute Gasteiger partial charge is 0.449 e. The molecular weight excluding hydrogens is 791 g/mol. The van der Waals surface area contributed by atoms with E-state index >= 15 is 0 Å². The van der Waals surface area contributed by atoms with Gasteiger partial charge in [-0.2, -0.15) is 0 Å². The summed E-state index contributed by atoms with van der Waals surface area (Å²) in [6, 6.07) is 82.1. The molecule has 0 unspecified atom stereocenters. The first-order chi connectivity index (χ1) is 32.2. The lowest BCUT2D eigenvalue weighted by atomic mass is 9.70. The lowest BCUT2D eigenvalue weighted by Crippen LogP contribution is -2.26. The zero-order valence-corrected chi connectivity index (χ0v) is 35.1. The third-order valence-corrected chi connectivity index (χ3v) is 14.9. The van der Waals surface area contributed by atoms with E-state index in [9.17, 15) is 0 Å². The van der Waals surface area contributed by atoms with Crippen molar-refractivity contribution in [1.29, 1.82) is 0 Å². The monoisotopic (exact) mass is 827 g/mol. The number of fused-ring (bicyclic) bond motifs is 23. The molecule has 2 spiro atoms. The van der Waals surface area contributed by atoms with E-state index in [1.807, 2.05) is 0 Å². The molecule has 5 aliphatic rings. The van der Waals surface area contributed by atoms with Gasteiger partial charge in [0.05, 0.1) is 16.5 Å². The Bertz CT molecular complexity index is 3590. The smallest absolute Gasteiger partial charge is 0.178 e. The highest BCUT2D eigenvalue weighted by Crippen LogP contribution is 2.67. The average Bonchev–Trinajstić information content (AvgIpc) is 4.05. The van der Waals surface area contributed by atoms with Gasteiger partial charge in [0.1, 0.15) is 0 Å². The normalized spacial score (nSPS) is 14.6. The van der Waals surface area contributed by atoms with Crippen molar-refractivity contribution in [1.82, 2.24) is 0 Å². The van der Waals surface area contributed by atoms with Crippen molar-refractivity contribution in [2.75, 3.05) is 4.90 Å². The van der Waals surface area contributed by atoms with Crippen LogP contribution in [-0.4, -0.2) is 0 Å². The second-order valence-electron chi connectivity index (χ2n) is 17.8. The molecule has 0 fully saturated rings. The van der Waals surface area contributed by atoms with Crippen molar-refractivity contribution in [3.05, 3.63) is 269 Å². The first-order valence-corrected chi connectivity index (χ1v) is 22.5. The lowest BCUT2D eigenvalue weighted by Gasteiger charge is -2.32. The number of nitrogens with zero attached hydrogens (tertiary/aromatic N) is 1. The Morgan fingerprint density at radius 2 is 0.677 bits per heavy atom.